The fraction of sp³-hybridized carbons (Fsp3) is 0.519. The number of urea groups is 1. The number of halogens is 2. The summed E-state index contributed by atoms with van der Waals surface area (Å²) in [4.78, 5) is 16.0. The van der Waals surface area contributed by atoms with E-state index in [1.54, 1.807) is 42.1 Å². The van der Waals surface area contributed by atoms with Crippen LogP contribution in [0.15, 0.2) is 35.8 Å². The number of benzene rings is 1. The lowest BCUT2D eigenvalue weighted by molar-refractivity contribution is 0.0798. The quantitative estimate of drug-likeness (QED) is 0.401. The maximum atomic E-state index is 14.3. The minimum atomic E-state index is -2.67. The first-order chi connectivity index (χ1) is 18.4. The Labute approximate surface area is 222 Å². The number of nitrogens with one attached hydrogen (secondary N) is 3. The molecule has 1 fully saturated rings. The first-order valence-corrected chi connectivity index (χ1v) is 13.2. The van der Waals surface area contributed by atoms with Gasteiger partial charge >= 0.3 is 6.03 Å². The minimum absolute atomic E-state index is 0. The monoisotopic (exact) mass is 529 g/mol. The van der Waals surface area contributed by atoms with Crippen molar-refractivity contribution in [2.24, 2.45) is 7.05 Å². The summed E-state index contributed by atoms with van der Waals surface area (Å²) < 4.78 is 35.7. The highest BCUT2D eigenvalue weighted by molar-refractivity contribution is 6.09. The van der Waals surface area contributed by atoms with Crippen LogP contribution >= 0.6 is 0 Å². The van der Waals surface area contributed by atoms with Crippen molar-refractivity contribution in [1.29, 1.82) is 5.41 Å². The van der Waals surface area contributed by atoms with Crippen LogP contribution in [0.1, 0.15) is 44.7 Å². The van der Waals surface area contributed by atoms with Crippen LogP contribution in [-0.2, 0) is 18.2 Å². The van der Waals surface area contributed by atoms with E-state index < -0.39 is 6.43 Å². The molecule has 3 aliphatic heterocycles. The zero-order valence-corrected chi connectivity index (χ0v) is 21.9. The van der Waals surface area contributed by atoms with E-state index in [0.717, 1.165) is 42.5 Å². The summed E-state index contributed by atoms with van der Waals surface area (Å²) in [5, 5.41) is 19.8. The van der Waals surface area contributed by atoms with Gasteiger partial charge in [0, 0.05) is 88.6 Å². The number of carbonyl (C=O) groups excluding carboxylic acids is 1. The van der Waals surface area contributed by atoms with Crippen LogP contribution in [0.5, 0.6) is 0 Å². The van der Waals surface area contributed by atoms with Crippen LogP contribution in [0.25, 0.3) is 11.1 Å². The molecule has 0 aliphatic carbocycles. The molecule has 2 aromatic rings. The third-order valence-corrected chi connectivity index (χ3v) is 7.62. The molecule has 206 valence electrons. The number of nitrogens with zero attached hydrogens (tertiary/aromatic N) is 4. The van der Waals surface area contributed by atoms with Crippen LogP contribution < -0.4 is 15.5 Å². The van der Waals surface area contributed by atoms with Gasteiger partial charge in [0.2, 0.25) is 0 Å². The van der Waals surface area contributed by atoms with Crippen molar-refractivity contribution >= 4 is 17.6 Å². The number of aryl methyl sites for hydroxylation is 2. The van der Waals surface area contributed by atoms with E-state index in [9.17, 15) is 19.0 Å². The van der Waals surface area contributed by atoms with Crippen molar-refractivity contribution in [3.05, 3.63) is 46.9 Å². The summed E-state index contributed by atoms with van der Waals surface area (Å²) in [5.41, 5.74) is 4.31. The van der Waals surface area contributed by atoms with Gasteiger partial charge in [-0.1, -0.05) is 0 Å². The van der Waals surface area contributed by atoms with E-state index in [-0.39, 0.29) is 31.4 Å². The molecular formula is C27H37F2N7O2. The van der Waals surface area contributed by atoms with Crippen LogP contribution in [0.2, 0.25) is 0 Å². The van der Waals surface area contributed by atoms with E-state index in [4.69, 9.17) is 4.74 Å². The number of fused-ring (bicyclic) bond motifs is 1. The Morgan fingerprint density at radius 2 is 2.03 bits per heavy atom. The Hall–Kier alpha value is -3.47. The lowest BCUT2D eigenvalue weighted by Gasteiger charge is -2.38. The molecule has 5 rings (SSSR count). The summed E-state index contributed by atoms with van der Waals surface area (Å²) in [6, 6.07) is 3.43. The molecule has 1 aromatic heterocycles. The van der Waals surface area contributed by atoms with Gasteiger partial charge in [-0.2, -0.15) is 5.10 Å². The molecule has 4 heterocycles. The van der Waals surface area contributed by atoms with Gasteiger partial charge in [-0.15, -0.1) is 0 Å². The van der Waals surface area contributed by atoms with Crippen LogP contribution in [0.4, 0.5) is 19.3 Å². The number of amides is 2. The number of aromatic nitrogens is 2. The summed E-state index contributed by atoms with van der Waals surface area (Å²) in [5.74, 6) is 0.253. The van der Waals surface area contributed by atoms with Crippen molar-refractivity contribution in [3.8, 4) is 11.1 Å². The number of hydrogen-bond donors (Lipinski definition) is 3. The van der Waals surface area contributed by atoms with Gasteiger partial charge in [0.15, 0.2) is 0 Å². The smallest absolute Gasteiger partial charge is 0.317 e. The normalized spacial score (nSPS) is 18.6. The second kappa shape index (κ2) is 11.1. The van der Waals surface area contributed by atoms with Crippen molar-refractivity contribution in [2.45, 2.75) is 44.6 Å². The molecule has 0 radical (unpaired) electrons. The molecular weight excluding hydrogens is 492 g/mol. The molecule has 9 nitrogen and oxygen atoms in total. The Morgan fingerprint density at radius 3 is 2.71 bits per heavy atom. The molecule has 0 saturated carbocycles. The van der Waals surface area contributed by atoms with Gasteiger partial charge in [-0.05, 0) is 48.9 Å². The third kappa shape index (κ3) is 5.24. The first kappa shape index (κ1) is 26.1. The second-order valence-electron chi connectivity index (χ2n) is 10.1. The molecule has 3 N–H and O–H groups in total. The van der Waals surface area contributed by atoms with Crippen molar-refractivity contribution in [3.63, 3.8) is 0 Å². The van der Waals surface area contributed by atoms with Gasteiger partial charge < -0.3 is 25.2 Å². The predicted octanol–water partition coefficient (Wildman–Crippen LogP) is 4.07. The molecule has 11 heteroatoms. The maximum absolute atomic E-state index is 14.3. The molecule has 1 saturated heterocycles. The number of carbonyl (C=O) groups is 1. The molecule has 38 heavy (non-hydrogen) atoms. The number of anilines is 1. The predicted molar refractivity (Wildman–Crippen MR) is 144 cm³/mol. The van der Waals surface area contributed by atoms with E-state index >= 15 is 0 Å². The fourth-order valence-electron chi connectivity index (χ4n) is 5.59. The van der Waals surface area contributed by atoms with E-state index in [1.807, 2.05) is 11.0 Å². The second-order valence-corrected chi connectivity index (χ2v) is 10.1. The molecule has 0 spiro atoms. The van der Waals surface area contributed by atoms with Crippen LogP contribution in [-0.4, -0.2) is 72.5 Å². The fourth-order valence-corrected chi connectivity index (χ4v) is 5.59. The summed E-state index contributed by atoms with van der Waals surface area (Å²) in [7, 11) is 3.36. The standard InChI is InChI=1S/C27H35F2N7O2.H2/c1-31-27(37)35-9-5-23(33-19-6-10-38-11-7-19)22(16-35)26(30)36-8-3-4-17-12-20(18-14-32-34(2)15-18)21(25(28)29)13-24(17)36;/h12-15,19,25,30,33H,3-11,16H2,1-2H3,(H,31,37);1H. The van der Waals surface area contributed by atoms with E-state index in [1.165, 1.54) is 0 Å². The topological polar surface area (TPSA) is 98.5 Å². The molecule has 2 amide bonds. The number of rotatable bonds is 5. The van der Waals surface area contributed by atoms with Gasteiger partial charge in [-0.25, -0.2) is 13.6 Å². The first-order valence-electron chi connectivity index (χ1n) is 13.2. The largest absolute Gasteiger partial charge is 0.385 e. The van der Waals surface area contributed by atoms with Gasteiger partial charge in [0.1, 0.15) is 5.84 Å². The number of hydrogen-bond acceptors (Lipinski definition) is 5. The number of amidine groups is 1. The van der Waals surface area contributed by atoms with Gasteiger partial charge in [0.05, 0.1) is 12.7 Å². The lowest BCUT2D eigenvalue weighted by Crippen LogP contribution is -2.48. The summed E-state index contributed by atoms with van der Waals surface area (Å²) >= 11 is 0. The molecule has 3 aliphatic rings. The maximum Gasteiger partial charge on any atom is 0.317 e. The summed E-state index contributed by atoms with van der Waals surface area (Å²) in [6.07, 6.45) is 4.57. The highest BCUT2D eigenvalue weighted by atomic mass is 19.3. The Bertz CT molecular complexity index is 1240. The van der Waals surface area contributed by atoms with E-state index in [0.29, 0.717) is 49.5 Å². The Kier molecular flexibility index (Phi) is 7.64. The van der Waals surface area contributed by atoms with Crippen molar-refractivity contribution in [1.82, 2.24) is 25.3 Å². The van der Waals surface area contributed by atoms with Gasteiger partial charge in [0.25, 0.3) is 6.43 Å². The molecule has 0 bridgehead atoms. The van der Waals surface area contributed by atoms with Crippen molar-refractivity contribution in [2.75, 3.05) is 44.8 Å². The average molecular weight is 530 g/mol. The van der Waals surface area contributed by atoms with Gasteiger partial charge in [-0.3, -0.25) is 10.1 Å². The number of alkyl halides is 2. The lowest BCUT2D eigenvalue weighted by atomic mass is 9.92. The number of ether oxygens (including phenoxy) is 1. The van der Waals surface area contributed by atoms with Crippen LogP contribution in [0.3, 0.4) is 0 Å². The highest BCUT2D eigenvalue weighted by Gasteiger charge is 2.32. The zero-order chi connectivity index (χ0) is 26.8. The third-order valence-electron chi connectivity index (χ3n) is 7.62. The zero-order valence-electron chi connectivity index (χ0n) is 21.9. The Balaban J connectivity index is 0.00000353. The minimum Gasteiger partial charge on any atom is -0.385 e. The van der Waals surface area contributed by atoms with E-state index in [2.05, 4.69) is 15.7 Å². The van der Waals surface area contributed by atoms with Crippen LogP contribution in [0, 0.1) is 5.41 Å². The van der Waals surface area contributed by atoms with Crippen molar-refractivity contribution < 1.29 is 19.7 Å². The summed E-state index contributed by atoms with van der Waals surface area (Å²) in [6.45, 7) is 2.76. The molecule has 1 aromatic carbocycles. The molecule has 0 atom stereocenters. The average Bonchev–Trinajstić information content (AvgIpc) is 3.38. The SMILES string of the molecule is CNC(=O)N1CCC(NC2CCOCC2)=C(C(=N)N2CCCc3cc(-c4cnn(C)c4)c(C(F)F)cc32)C1.[HH]. The molecule has 0 unspecified atom stereocenters. The highest BCUT2D eigenvalue weighted by Crippen LogP contribution is 2.39. The Morgan fingerprint density at radius 1 is 1.24 bits per heavy atom.